The van der Waals surface area contributed by atoms with Gasteiger partial charge in [-0.2, -0.15) is 0 Å². The number of methoxy groups -OCH3 is 1. The molecule has 5 heteroatoms. The molecule has 1 saturated carbocycles. The molecule has 5 nitrogen and oxygen atoms in total. The van der Waals surface area contributed by atoms with Crippen molar-refractivity contribution in [1.29, 1.82) is 0 Å². The average Bonchev–Trinajstić information content (AvgIpc) is 2.60. The van der Waals surface area contributed by atoms with E-state index in [-0.39, 0.29) is 6.10 Å². The van der Waals surface area contributed by atoms with E-state index in [4.69, 9.17) is 15.2 Å². The molecule has 5 rings (SSSR count). The third-order valence-corrected chi connectivity index (χ3v) is 5.72. The first-order valence-corrected chi connectivity index (χ1v) is 8.35. The largest absolute Gasteiger partial charge is 0.377 e. The number of hydrogen-bond donors (Lipinski definition) is 1. The summed E-state index contributed by atoms with van der Waals surface area (Å²) in [6.45, 7) is 2.17. The molecule has 2 N–H and O–H groups in total. The number of rotatable bonds is 3. The summed E-state index contributed by atoms with van der Waals surface area (Å²) in [6.07, 6.45) is 7.31. The van der Waals surface area contributed by atoms with Crippen molar-refractivity contribution >= 4 is 11.0 Å². The van der Waals surface area contributed by atoms with Gasteiger partial charge in [0.05, 0.1) is 17.1 Å². The summed E-state index contributed by atoms with van der Waals surface area (Å²) in [4.78, 5) is 9.02. The molecule has 1 aliphatic carbocycles. The molecule has 2 aliphatic heterocycles. The topological polar surface area (TPSA) is 70.3 Å². The summed E-state index contributed by atoms with van der Waals surface area (Å²) >= 11 is 0. The standard InChI is InChI=1S/C18H23N3O2/c1-3-17(12-6-8-18(19,23-17)15(11-12)22-2)13-7-10-20-14-5-4-9-21-16(13)14/h4-5,7,9-10,12,15H,3,6,8,11,19H2,1-2H3. The van der Waals surface area contributed by atoms with Gasteiger partial charge in [0.15, 0.2) is 0 Å². The second kappa shape index (κ2) is 5.23. The van der Waals surface area contributed by atoms with Crippen molar-refractivity contribution in [1.82, 2.24) is 9.97 Å². The van der Waals surface area contributed by atoms with E-state index in [0.717, 1.165) is 42.3 Å². The molecule has 2 aromatic heterocycles. The molecule has 0 amide bonds. The van der Waals surface area contributed by atoms with Crippen LogP contribution < -0.4 is 5.73 Å². The van der Waals surface area contributed by atoms with Crippen molar-refractivity contribution < 1.29 is 9.47 Å². The molecule has 0 radical (unpaired) electrons. The van der Waals surface area contributed by atoms with E-state index in [1.54, 1.807) is 7.11 Å². The summed E-state index contributed by atoms with van der Waals surface area (Å²) in [5, 5.41) is 0. The Morgan fingerprint density at radius 3 is 2.96 bits per heavy atom. The van der Waals surface area contributed by atoms with Crippen LogP contribution in [0.4, 0.5) is 0 Å². The zero-order valence-corrected chi connectivity index (χ0v) is 13.7. The zero-order valence-electron chi connectivity index (χ0n) is 13.7. The maximum atomic E-state index is 6.60. The van der Waals surface area contributed by atoms with Crippen molar-refractivity contribution in [2.45, 2.75) is 50.0 Å². The molecule has 0 spiro atoms. The Kier molecular flexibility index (Phi) is 3.41. The van der Waals surface area contributed by atoms with Gasteiger partial charge in [0.25, 0.3) is 0 Å². The van der Waals surface area contributed by atoms with Crippen LogP contribution in [0.25, 0.3) is 11.0 Å². The third-order valence-electron chi connectivity index (χ3n) is 5.72. The highest BCUT2D eigenvalue weighted by Crippen LogP contribution is 2.55. The van der Waals surface area contributed by atoms with Gasteiger partial charge in [-0.15, -0.1) is 0 Å². The van der Waals surface area contributed by atoms with Crippen molar-refractivity contribution in [3.8, 4) is 0 Å². The Bertz CT molecular complexity index is 732. The van der Waals surface area contributed by atoms with Crippen LogP contribution in [0.1, 0.15) is 38.2 Å². The molecular weight excluding hydrogens is 290 g/mol. The maximum absolute atomic E-state index is 6.60. The van der Waals surface area contributed by atoms with Crippen LogP contribution >= 0.6 is 0 Å². The van der Waals surface area contributed by atoms with Gasteiger partial charge < -0.3 is 15.2 Å². The fourth-order valence-electron chi connectivity index (χ4n) is 4.54. The van der Waals surface area contributed by atoms with Gasteiger partial charge in [-0.25, -0.2) is 0 Å². The quantitative estimate of drug-likeness (QED) is 0.943. The van der Waals surface area contributed by atoms with Gasteiger partial charge in [-0.05, 0) is 49.8 Å². The Morgan fingerprint density at radius 1 is 1.35 bits per heavy atom. The number of nitrogens with two attached hydrogens (primary N) is 1. The second-order valence-electron chi connectivity index (χ2n) is 6.73. The number of hydrogen-bond acceptors (Lipinski definition) is 5. The molecule has 4 heterocycles. The van der Waals surface area contributed by atoms with E-state index in [2.05, 4.69) is 16.9 Å². The van der Waals surface area contributed by atoms with Gasteiger partial charge in [-0.1, -0.05) is 6.92 Å². The minimum atomic E-state index is -0.718. The number of fused-ring (bicyclic) bond motifs is 4. The average molecular weight is 313 g/mol. The highest BCUT2D eigenvalue weighted by Gasteiger charge is 2.59. The predicted octanol–water partition coefficient (Wildman–Crippen LogP) is 2.74. The lowest BCUT2D eigenvalue weighted by Crippen LogP contribution is -2.68. The zero-order chi connectivity index (χ0) is 16.1. The summed E-state index contributed by atoms with van der Waals surface area (Å²) in [5.41, 5.74) is 8.41. The fourth-order valence-corrected chi connectivity index (χ4v) is 4.54. The Hall–Kier alpha value is -1.56. The Balaban J connectivity index is 1.88. The smallest absolute Gasteiger partial charge is 0.144 e. The molecule has 2 aromatic rings. The van der Waals surface area contributed by atoms with Crippen LogP contribution in [0.15, 0.2) is 30.6 Å². The maximum Gasteiger partial charge on any atom is 0.144 e. The molecule has 2 saturated heterocycles. The lowest BCUT2D eigenvalue weighted by atomic mass is 9.65. The van der Waals surface area contributed by atoms with Crippen LogP contribution in [0.2, 0.25) is 0 Å². The summed E-state index contributed by atoms with van der Waals surface area (Å²) in [6, 6.07) is 5.95. The fraction of sp³-hybridized carbons (Fsp3) is 0.556. The SMILES string of the molecule is CCC1(c2ccnc3cccnc23)OC2(N)CCC1CC2OC. The number of pyridine rings is 2. The molecule has 3 fully saturated rings. The van der Waals surface area contributed by atoms with E-state index < -0.39 is 11.3 Å². The number of ether oxygens (including phenoxy) is 2. The van der Waals surface area contributed by atoms with E-state index in [0.29, 0.717) is 5.92 Å². The van der Waals surface area contributed by atoms with E-state index in [1.165, 1.54) is 0 Å². The minimum Gasteiger partial charge on any atom is -0.377 e. The van der Waals surface area contributed by atoms with Crippen LogP contribution in [0, 0.1) is 5.92 Å². The highest BCUT2D eigenvalue weighted by atomic mass is 16.6. The molecule has 2 bridgehead atoms. The molecule has 23 heavy (non-hydrogen) atoms. The normalized spacial score (nSPS) is 36.5. The van der Waals surface area contributed by atoms with Crippen LogP contribution in [0.5, 0.6) is 0 Å². The van der Waals surface area contributed by atoms with Crippen molar-refractivity contribution in [3.63, 3.8) is 0 Å². The number of nitrogens with zero attached hydrogens (tertiary/aromatic N) is 2. The van der Waals surface area contributed by atoms with E-state index in [1.807, 2.05) is 30.6 Å². The van der Waals surface area contributed by atoms with Crippen LogP contribution in [-0.4, -0.2) is 28.9 Å². The lowest BCUT2D eigenvalue weighted by Gasteiger charge is -2.59. The van der Waals surface area contributed by atoms with Gasteiger partial charge in [0.2, 0.25) is 0 Å². The summed E-state index contributed by atoms with van der Waals surface area (Å²) in [7, 11) is 1.72. The molecule has 4 unspecified atom stereocenters. The van der Waals surface area contributed by atoms with Gasteiger partial charge in [0.1, 0.15) is 11.3 Å². The second-order valence-corrected chi connectivity index (χ2v) is 6.73. The van der Waals surface area contributed by atoms with Gasteiger partial charge in [0, 0.05) is 25.1 Å². The molecule has 3 aliphatic rings. The lowest BCUT2D eigenvalue weighted by molar-refractivity contribution is -0.302. The predicted molar refractivity (Wildman–Crippen MR) is 87.6 cm³/mol. The minimum absolute atomic E-state index is 0.0398. The molecule has 4 atom stereocenters. The van der Waals surface area contributed by atoms with Crippen LogP contribution in [-0.2, 0) is 15.1 Å². The molecule has 122 valence electrons. The van der Waals surface area contributed by atoms with Gasteiger partial charge in [-0.3, -0.25) is 9.97 Å². The summed E-state index contributed by atoms with van der Waals surface area (Å²) < 4.78 is 12.2. The first-order valence-electron chi connectivity index (χ1n) is 8.35. The van der Waals surface area contributed by atoms with Crippen molar-refractivity contribution in [2.75, 3.05) is 7.11 Å². The third kappa shape index (κ3) is 2.04. The summed E-state index contributed by atoms with van der Waals surface area (Å²) in [5.74, 6) is 0.385. The highest BCUT2D eigenvalue weighted by molar-refractivity contribution is 5.78. The van der Waals surface area contributed by atoms with Crippen molar-refractivity contribution in [2.24, 2.45) is 11.7 Å². The van der Waals surface area contributed by atoms with E-state index in [9.17, 15) is 0 Å². The van der Waals surface area contributed by atoms with E-state index >= 15 is 0 Å². The van der Waals surface area contributed by atoms with Crippen LogP contribution in [0.3, 0.4) is 0 Å². The first kappa shape index (κ1) is 15.0. The van der Waals surface area contributed by atoms with Crippen molar-refractivity contribution in [3.05, 3.63) is 36.2 Å². The molecular formula is C18H23N3O2. The monoisotopic (exact) mass is 313 g/mol. The number of aromatic nitrogens is 2. The molecule has 0 aromatic carbocycles. The van der Waals surface area contributed by atoms with Gasteiger partial charge >= 0.3 is 0 Å². The first-order chi connectivity index (χ1) is 11.1. The Morgan fingerprint density at radius 2 is 2.22 bits per heavy atom. The Labute approximate surface area is 136 Å².